The summed E-state index contributed by atoms with van der Waals surface area (Å²) in [6, 6.07) is 0.327. The van der Waals surface area contributed by atoms with E-state index >= 15 is 0 Å². The van der Waals surface area contributed by atoms with Crippen LogP contribution in [0.1, 0.15) is 19.3 Å². The molecule has 0 saturated carbocycles. The zero-order valence-electron chi connectivity index (χ0n) is 11.7. The third-order valence-electron chi connectivity index (χ3n) is 2.99. The Balaban J connectivity index is 1.92. The molecule has 2 heterocycles. The summed E-state index contributed by atoms with van der Waals surface area (Å²) >= 11 is 0. The first-order chi connectivity index (χ1) is 9.15. The van der Waals surface area contributed by atoms with Crippen LogP contribution in [0.5, 0.6) is 6.01 Å². The number of aromatic nitrogens is 3. The Labute approximate surface area is 113 Å². The number of nitrogen functional groups attached to an aromatic ring is 1. The molecule has 19 heavy (non-hydrogen) atoms. The fourth-order valence-corrected chi connectivity index (χ4v) is 2.03. The van der Waals surface area contributed by atoms with Gasteiger partial charge < -0.3 is 20.3 Å². The summed E-state index contributed by atoms with van der Waals surface area (Å²) in [7, 11) is 4.07. The molecule has 1 aliphatic heterocycles. The summed E-state index contributed by atoms with van der Waals surface area (Å²) in [4.78, 5) is 16.7. The van der Waals surface area contributed by atoms with Crippen molar-refractivity contribution in [1.82, 2.24) is 19.9 Å². The number of anilines is 2. The lowest BCUT2D eigenvalue weighted by Gasteiger charge is -2.15. The molecule has 2 N–H and O–H groups in total. The van der Waals surface area contributed by atoms with Crippen molar-refractivity contribution >= 4 is 11.9 Å². The Kier molecular flexibility index (Phi) is 4.73. The molecule has 0 atom stereocenters. The molecular formula is C12H22N6O. The highest BCUT2D eigenvalue weighted by Crippen LogP contribution is 2.18. The van der Waals surface area contributed by atoms with Gasteiger partial charge in [0.2, 0.25) is 11.9 Å². The lowest BCUT2D eigenvalue weighted by molar-refractivity contribution is 0.263. The predicted octanol–water partition coefficient (Wildman–Crippen LogP) is 0.385. The Morgan fingerprint density at radius 2 is 1.95 bits per heavy atom. The van der Waals surface area contributed by atoms with Crippen molar-refractivity contribution in [3.63, 3.8) is 0 Å². The second-order valence-electron chi connectivity index (χ2n) is 4.98. The van der Waals surface area contributed by atoms with Crippen molar-refractivity contribution < 1.29 is 4.74 Å². The number of nitrogens with zero attached hydrogens (tertiary/aromatic N) is 5. The SMILES string of the molecule is CN(C)CCCOc1nc(N)nc(N2CCCC2)n1. The standard InChI is InChI=1S/C12H22N6O/c1-17(2)6-5-9-19-12-15-10(13)14-11(16-12)18-7-3-4-8-18/h3-9H2,1-2H3,(H2,13,14,15,16). The molecule has 0 aliphatic carbocycles. The second-order valence-corrected chi connectivity index (χ2v) is 4.98. The van der Waals surface area contributed by atoms with Gasteiger partial charge in [0.25, 0.3) is 0 Å². The van der Waals surface area contributed by atoms with Crippen molar-refractivity contribution in [2.45, 2.75) is 19.3 Å². The molecule has 0 amide bonds. The van der Waals surface area contributed by atoms with Crippen LogP contribution in [0.2, 0.25) is 0 Å². The van der Waals surface area contributed by atoms with Crippen molar-refractivity contribution in [3.8, 4) is 6.01 Å². The molecule has 7 heteroatoms. The first-order valence-electron chi connectivity index (χ1n) is 6.69. The zero-order valence-corrected chi connectivity index (χ0v) is 11.7. The number of hydrogen-bond donors (Lipinski definition) is 1. The second kappa shape index (κ2) is 6.51. The molecule has 1 aliphatic rings. The number of hydrogen-bond acceptors (Lipinski definition) is 7. The lowest BCUT2D eigenvalue weighted by atomic mass is 10.4. The fourth-order valence-electron chi connectivity index (χ4n) is 2.03. The van der Waals surface area contributed by atoms with Crippen molar-refractivity contribution in [3.05, 3.63) is 0 Å². The zero-order chi connectivity index (χ0) is 13.7. The third-order valence-corrected chi connectivity index (χ3v) is 2.99. The molecule has 2 rings (SSSR count). The van der Waals surface area contributed by atoms with Gasteiger partial charge in [0.15, 0.2) is 0 Å². The van der Waals surface area contributed by atoms with E-state index in [9.17, 15) is 0 Å². The highest BCUT2D eigenvalue weighted by atomic mass is 16.5. The van der Waals surface area contributed by atoms with E-state index in [1.807, 2.05) is 14.1 Å². The average Bonchev–Trinajstić information content (AvgIpc) is 2.87. The Hall–Kier alpha value is -1.63. The van der Waals surface area contributed by atoms with E-state index in [0.717, 1.165) is 26.1 Å². The molecule has 1 saturated heterocycles. The van der Waals surface area contributed by atoms with E-state index in [0.29, 0.717) is 18.6 Å². The van der Waals surface area contributed by atoms with Crippen LogP contribution in [0.25, 0.3) is 0 Å². The molecule has 1 fully saturated rings. The van der Waals surface area contributed by atoms with Crippen molar-refractivity contribution in [2.75, 3.05) is 51.0 Å². The highest BCUT2D eigenvalue weighted by Gasteiger charge is 2.17. The van der Waals surface area contributed by atoms with E-state index < -0.39 is 0 Å². The quantitative estimate of drug-likeness (QED) is 0.746. The third kappa shape index (κ3) is 4.20. The van der Waals surface area contributed by atoms with E-state index in [1.165, 1.54) is 12.8 Å². The molecule has 1 aromatic rings. The maximum Gasteiger partial charge on any atom is 0.323 e. The van der Waals surface area contributed by atoms with Gasteiger partial charge in [-0.3, -0.25) is 0 Å². The lowest BCUT2D eigenvalue weighted by Crippen LogP contribution is -2.22. The van der Waals surface area contributed by atoms with Gasteiger partial charge in [-0.15, -0.1) is 0 Å². The normalized spacial score (nSPS) is 15.2. The van der Waals surface area contributed by atoms with E-state index in [2.05, 4.69) is 24.8 Å². The maximum absolute atomic E-state index is 5.70. The highest BCUT2D eigenvalue weighted by molar-refractivity contribution is 5.36. The molecule has 0 aromatic carbocycles. The summed E-state index contributed by atoms with van der Waals surface area (Å²) < 4.78 is 5.54. The summed E-state index contributed by atoms with van der Waals surface area (Å²) in [5.41, 5.74) is 5.70. The molecule has 106 valence electrons. The van der Waals surface area contributed by atoms with Crippen LogP contribution in [0, 0.1) is 0 Å². The summed E-state index contributed by atoms with van der Waals surface area (Å²) in [5.74, 6) is 0.854. The van der Waals surface area contributed by atoms with Gasteiger partial charge in [-0.25, -0.2) is 0 Å². The van der Waals surface area contributed by atoms with Crippen LogP contribution >= 0.6 is 0 Å². The van der Waals surface area contributed by atoms with Crippen molar-refractivity contribution in [2.24, 2.45) is 0 Å². The number of ether oxygens (including phenoxy) is 1. The first-order valence-corrected chi connectivity index (χ1v) is 6.69. The van der Waals surface area contributed by atoms with Gasteiger partial charge in [0.1, 0.15) is 0 Å². The molecule has 0 bridgehead atoms. The number of nitrogens with two attached hydrogens (primary N) is 1. The average molecular weight is 266 g/mol. The molecule has 0 radical (unpaired) electrons. The van der Waals surface area contributed by atoms with Crippen LogP contribution < -0.4 is 15.4 Å². The minimum atomic E-state index is 0.222. The smallest absolute Gasteiger partial charge is 0.323 e. The minimum absolute atomic E-state index is 0.222. The van der Waals surface area contributed by atoms with Crippen LogP contribution in [-0.4, -0.2) is 60.2 Å². The van der Waals surface area contributed by atoms with E-state index in [4.69, 9.17) is 10.5 Å². The van der Waals surface area contributed by atoms with Gasteiger partial charge >= 0.3 is 6.01 Å². The molecule has 0 unspecified atom stereocenters. The van der Waals surface area contributed by atoms with Crippen LogP contribution in [-0.2, 0) is 0 Å². The monoisotopic (exact) mass is 266 g/mol. The minimum Gasteiger partial charge on any atom is -0.463 e. The van der Waals surface area contributed by atoms with Gasteiger partial charge in [-0.05, 0) is 33.4 Å². The van der Waals surface area contributed by atoms with Crippen LogP contribution in [0.4, 0.5) is 11.9 Å². The summed E-state index contributed by atoms with van der Waals surface area (Å²) in [6.45, 7) is 3.51. The van der Waals surface area contributed by atoms with Gasteiger partial charge in [-0.1, -0.05) is 0 Å². The fraction of sp³-hybridized carbons (Fsp3) is 0.750. The van der Waals surface area contributed by atoms with Gasteiger partial charge in [0.05, 0.1) is 6.61 Å². The predicted molar refractivity (Wildman–Crippen MR) is 74.4 cm³/mol. The van der Waals surface area contributed by atoms with Crippen LogP contribution in [0.15, 0.2) is 0 Å². The molecule has 1 aromatic heterocycles. The molecule has 0 spiro atoms. The van der Waals surface area contributed by atoms with Gasteiger partial charge in [-0.2, -0.15) is 15.0 Å². The number of rotatable bonds is 6. The largest absolute Gasteiger partial charge is 0.463 e. The molecular weight excluding hydrogens is 244 g/mol. The Morgan fingerprint density at radius 3 is 2.63 bits per heavy atom. The van der Waals surface area contributed by atoms with E-state index in [-0.39, 0.29) is 5.95 Å². The molecule has 7 nitrogen and oxygen atoms in total. The Bertz CT molecular complexity index is 405. The van der Waals surface area contributed by atoms with E-state index in [1.54, 1.807) is 0 Å². The van der Waals surface area contributed by atoms with Crippen molar-refractivity contribution in [1.29, 1.82) is 0 Å². The summed E-state index contributed by atoms with van der Waals surface area (Å²) in [5, 5.41) is 0. The summed E-state index contributed by atoms with van der Waals surface area (Å²) in [6.07, 6.45) is 3.27. The van der Waals surface area contributed by atoms with Gasteiger partial charge in [0, 0.05) is 19.6 Å². The first kappa shape index (κ1) is 13.8. The van der Waals surface area contributed by atoms with Crippen LogP contribution in [0.3, 0.4) is 0 Å². The maximum atomic E-state index is 5.70. The topological polar surface area (TPSA) is 80.4 Å². The Morgan fingerprint density at radius 1 is 1.21 bits per heavy atom.